The normalized spacial score (nSPS) is 28.2. The summed E-state index contributed by atoms with van der Waals surface area (Å²) in [6.45, 7) is -0.371. The maximum Gasteiger partial charge on any atom is 0.436 e. The van der Waals surface area contributed by atoms with Crippen LogP contribution in [-0.4, -0.2) is 43.5 Å². The van der Waals surface area contributed by atoms with Crippen LogP contribution in [0.4, 0.5) is 5.95 Å². The third kappa shape index (κ3) is 2.18. The van der Waals surface area contributed by atoms with Gasteiger partial charge in [0.25, 0.3) is 0 Å². The summed E-state index contributed by atoms with van der Waals surface area (Å²) in [5.41, 5.74) is 0. The highest BCUT2D eigenvalue weighted by Gasteiger charge is 2.30. The first-order valence-electron chi connectivity index (χ1n) is 4.93. The van der Waals surface area contributed by atoms with Crippen LogP contribution in [0.25, 0.3) is 0 Å². The molecule has 1 aromatic rings. The summed E-state index contributed by atoms with van der Waals surface area (Å²) in [6, 6.07) is 0. The smallest absolute Gasteiger partial charge is 0.394 e. The van der Waals surface area contributed by atoms with Crippen molar-refractivity contribution in [3.63, 3.8) is 0 Å². The molecular weight excluding hydrogens is 230 g/mol. The Hall–Kier alpha value is -1.77. The number of aliphatic hydroxyl groups is 2. The van der Waals surface area contributed by atoms with Crippen LogP contribution in [-0.2, 0) is 4.74 Å². The van der Waals surface area contributed by atoms with Gasteiger partial charge in [0, 0.05) is 0 Å². The van der Waals surface area contributed by atoms with Crippen LogP contribution in [0.1, 0.15) is 6.23 Å². The molecule has 1 aliphatic rings. The maximum atomic E-state index is 10.7. The topological polar surface area (TPSA) is 111 Å². The Kier molecular flexibility index (Phi) is 3.18. The predicted molar refractivity (Wildman–Crippen MR) is 55.0 cm³/mol. The van der Waals surface area contributed by atoms with Gasteiger partial charge in [0.05, 0.1) is 6.61 Å². The standard InChI is InChI=1S/C9H11N3O5/c13-5-7-6(14)1-2-8(17-7)11-4-3-10-9(11)12(15)16/h1-4,6-8,13-14H,5H2/t6-,7+,8+/m0/s1. The third-order valence-electron chi connectivity index (χ3n) is 2.43. The zero-order valence-electron chi connectivity index (χ0n) is 8.71. The number of hydrogen-bond acceptors (Lipinski definition) is 6. The number of ether oxygens (including phenoxy) is 1. The molecule has 0 radical (unpaired) electrons. The number of nitrogens with zero attached hydrogens (tertiary/aromatic N) is 3. The molecule has 92 valence electrons. The molecule has 0 unspecified atom stereocenters. The van der Waals surface area contributed by atoms with E-state index in [0.717, 1.165) is 0 Å². The lowest BCUT2D eigenvalue weighted by Gasteiger charge is -2.27. The fraction of sp³-hybridized carbons (Fsp3) is 0.444. The molecule has 0 bridgehead atoms. The fourth-order valence-electron chi connectivity index (χ4n) is 1.59. The largest absolute Gasteiger partial charge is 0.436 e. The van der Waals surface area contributed by atoms with Gasteiger partial charge in [0.2, 0.25) is 6.23 Å². The SMILES string of the molecule is O=[N+]([O-])c1nccn1[C@H]1C=C[C@H](O)[C@@H](CO)O1. The van der Waals surface area contributed by atoms with E-state index in [1.54, 1.807) is 0 Å². The predicted octanol–water partition coefficient (Wildman–Crippen LogP) is -0.402. The van der Waals surface area contributed by atoms with E-state index in [2.05, 4.69) is 4.98 Å². The highest BCUT2D eigenvalue weighted by molar-refractivity contribution is 5.12. The summed E-state index contributed by atoms with van der Waals surface area (Å²) in [4.78, 5) is 13.6. The van der Waals surface area contributed by atoms with E-state index in [1.807, 2.05) is 0 Å². The van der Waals surface area contributed by atoms with Gasteiger partial charge >= 0.3 is 5.95 Å². The molecule has 8 nitrogen and oxygen atoms in total. The van der Waals surface area contributed by atoms with Crippen molar-refractivity contribution in [2.75, 3.05) is 6.61 Å². The van der Waals surface area contributed by atoms with E-state index < -0.39 is 23.4 Å². The van der Waals surface area contributed by atoms with Gasteiger partial charge in [0.1, 0.15) is 24.6 Å². The summed E-state index contributed by atoms with van der Waals surface area (Å²) in [5, 5.41) is 29.1. The van der Waals surface area contributed by atoms with Crippen molar-refractivity contribution < 1.29 is 19.9 Å². The molecule has 17 heavy (non-hydrogen) atoms. The first kappa shape index (κ1) is 11.7. The van der Waals surface area contributed by atoms with Crippen LogP contribution in [0.2, 0.25) is 0 Å². The summed E-state index contributed by atoms with van der Waals surface area (Å²) < 4.78 is 6.53. The second-order valence-electron chi connectivity index (χ2n) is 3.51. The Morgan fingerprint density at radius 3 is 3.00 bits per heavy atom. The Morgan fingerprint density at radius 1 is 1.59 bits per heavy atom. The first-order valence-corrected chi connectivity index (χ1v) is 4.93. The molecule has 8 heteroatoms. The van der Waals surface area contributed by atoms with Crippen LogP contribution >= 0.6 is 0 Å². The second kappa shape index (κ2) is 4.62. The van der Waals surface area contributed by atoms with Crippen LogP contribution in [0, 0.1) is 10.1 Å². The van der Waals surface area contributed by atoms with E-state index in [-0.39, 0.29) is 12.6 Å². The van der Waals surface area contributed by atoms with Crippen LogP contribution in [0.5, 0.6) is 0 Å². The minimum Gasteiger partial charge on any atom is -0.394 e. The minimum atomic E-state index is -0.918. The van der Waals surface area contributed by atoms with Gasteiger partial charge in [-0.1, -0.05) is 11.1 Å². The van der Waals surface area contributed by atoms with Crippen molar-refractivity contribution in [2.45, 2.75) is 18.4 Å². The van der Waals surface area contributed by atoms with Gasteiger partial charge in [-0.2, -0.15) is 4.57 Å². The van der Waals surface area contributed by atoms with E-state index >= 15 is 0 Å². The van der Waals surface area contributed by atoms with Crippen molar-refractivity contribution in [1.82, 2.24) is 9.55 Å². The molecule has 0 spiro atoms. The molecule has 0 amide bonds. The zero-order valence-corrected chi connectivity index (χ0v) is 8.71. The quantitative estimate of drug-likeness (QED) is 0.423. The van der Waals surface area contributed by atoms with Crippen molar-refractivity contribution in [3.8, 4) is 0 Å². The average Bonchev–Trinajstić information content (AvgIpc) is 2.78. The summed E-state index contributed by atoms with van der Waals surface area (Å²) in [5.74, 6) is -0.354. The molecule has 1 aromatic heterocycles. The monoisotopic (exact) mass is 241 g/mol. The number of aliphatic hydroxyl groups excluding tert-OH is 2. The van der Waals surface area contributed by atoms with Crippen molar-refractivity contribution in [2.24, 2.45) is 0 Å². The van der Waals surface area contributed by atoms with Crippen LogP contribution in [0.15, 0.2) is 24.5 Å². The van der Waals surface area contributed by atoms with Crippen molar-refractivity contribution in [1.29, 1.82) is 0 Å². The Balaban J connectivity index is 2.26. The fourth-order valence-corrected chi connectivity index (χ4v) is 1.59. The molecule has 0 aromatic carbocycles. The summed E-state index contributed by atoms with van der Waals surface area (Å²) in [6.07, 6.45) is 3.13. The lowest BCUT2D eigenvalue weighted by Crippen LogP contribution is -2.36. The lowest BCUT2D eigenvalue weighted by atomic mass is 10.1. The zero-order chi connectivity index (χ0) is 12.4. The molecule has 2 heterocycles. The minimum absolute atomic E-state index is 0.354. The van der Waals surface area contributed by atoms with Gasteiger partial charge in [-0.15, -0.1) is 0 Å². The molecule has 2 N–H and O–H groups in total. The number of aromatic nitrogens is 2. The maximum absolute atomic E-state index is 10.7. The number of hydrogen-bond donors (Lipinski definition) is 2. The van der Waals surface area contributed by atoms with Gasteiger partial charge in [-0.05, 0) is 11.0 Å². The third-order valence-corrected chi connectivity index (χ3v) is 2.43. The molecule has 0 aliphatic carbocycles. The summed E-state index contributed by atoms with van der Waals surface area (Å²) >= 11 is 0. The molecule has 0 saturated heterocycles. The van der Waals surface area contributed by atoms with E-state index in [9.17, 15) is 15.2 Å². The number of imidazole rings is 1. The molecule has 1 aliphatic heterocycles. The first-order chi connectivity index (χ1) is 8.13. The Bertz CT molecular complexity index is 444. The molecule has 0 fully saturated rings. The van der Waals surface area contributed by atoms with Crippen LogP contribution < -0.4 is 0 Å². The molecule has 0 saturated carbocycles. The van der Waals surface area contributed by atoms with Crippen molar-refractivity contribution in [3.05, 3.63) is 34.7 Å². The lowest BCUT2D eigenvalue weighted by molar-refractivity contribution is -0.398. The second-order valence-corrected chi connectivity index (χ2v) is 3.51. The highest BCUT2D eigenvalue weighted by atomic mass is 16.6. The average molecular weight is 241 g/mol. The highest BCUT2D eigenvalue weighted by Crippen LogP contribution is 2.24. The number of nitro groups is 1. The van der Waals surface area contributed by atoms with Crippen LogP contribution in [0.3, 0.4) is 0 Å². The summed E-state index contributed by atoms with van der Waals surface area (Å²) in [7, 11) is 0. The van der Waals surface area contributed by atoms with Gasteiger partial charge < -0.3 is 25.1 Å². The van der Waals surface area contributed by atoms with E-state index in [0.29, 0.717) is 0 Å². The molecule has 3 atom stereocenters. The van der Waals surface area contributed by atoms with E-state index in [4.69, 9.17) is 9.84 Å². The van der Waals surface area contributed by atoms with Gasteiger partial charge in [-0.3, -0.25) is 0 Å². The Morgan fingerprint density at radius 2 is 2.35 bits per heavy atom. The van der Waals surface area contributed by atoms with E-state index in [1.165, 1.54) is 29.1 Å². The molecule has 2 rings (SSSR count). The Labute approximate surface area is 95.9 Å². The van der Waals surface area contributed by atoms with Gasteiger partial charge in [-0.25, -0.2) is 0 Å². The number of rotatable bonds is 3. The van der Waals surface area contributed by atoms with Crippen molar-refractivity contribution >= 4 is 5.95 Å². The van der Waals surface area contributed by atoms with Gasteiger partial charge in [0.15, 0.2) is 0 Å². The molecular formula is C9H11N3O5.